The van der Waals surface area contributed by atoms with Crippen molar-refractivity contribution in [2.75, 3.05) is 5.32 Å². The van der Waals surface area contributed by atoms with Gasteiger partial charge in [-0.3, -0.25) is 5.32 Å². The smallest absolute Gasteiger partial charge is 0.326 e. The minimum absolute atomic E-state index is 0.208. The second-order valence-electron chi connectivity index (χ2n) is 3.54. The topological polar surface area (TPSA) is 104 Å². The number of aromatic nitrogens is 1. The van der Waals surface area contributed by atoms with Crippen LogP contribution in [0.1, 0.15) is 13.8 Å². The number of amides is 2. The van der Waals surface area contributed by atoms with E-state index in [9.17, 15) is 9.59 Å². The molecule has 1 aromatic rings. The SMILES string of the molecule is CC(C)C(NC(=O)Nc1ccon1)C(=O)O. The quantitative estimate of drug-likeness (QED) is 0.709. The number of carbonyl (C=O) groups excluding carboxylic acids is 1. The molecule has 1 unspecified atom stereocenters. The number of anilines is 1. The molecule has 0 aromatic carbocycles. The van der Waals surface area contributed by atoms with Crippen LogP contribution in [0.2, 0.25) is 0 Å². The van der Waals surface area contributed by atoms with Gasteiger partial charge in [0.25, 0.3) is 0 Å². The number of urea groups is 1. The van der Waals surface area contributed by atoms with E-state index >= 15 is 0 Å². The van der Waals surface area contributed by atoms with Crippen molar-refractivity contribution in [3.8, 4) is 0 Å². The molecule has 16 heavy (non-hydrogen) atoms. The summed E-state index contributed by atoms with van der Waals surface area (Å²) in [7, 11) is 0. The molecule has 1 aromatic heterocycles. The molecule has 0 bridgehead atoms. The van der Waals surface area contributed by atoms with Crippen molar-refractivity contribution >= 4 is 17.8 Å². The highest BCUT2D eigenvalue weighted by Gasteiger charge is 2.23. The maximum atomic E-state index is 11.4. The summed E-state index contributed by atoms with van der Waals surface area (Å²) >= 11 is 0. The van der Waals surface area contributed by atoms with E-state index in [1.54, 1.807) is 13.8 Å². The lowest BCUT2D eigenvalue weighted by Gasteiger charge is -2.17. The lowest BCUT2D eigenvalue weighted by molar-refractivity contribution is -0.140. The number of hydrogen-bond donors (Lipinski definition) is 3. The van der Waals surface area contributed by atoms with Crippen LogP contribution in [0.5, 0.6) is 0 Å². The highest BCUT2D eigenvalue weighted by atomic mass is 16.5. The zero-order chi connectivity index (χ0) is 12.1. The molecule has 7 nitrogen and oxygen atoms in total. The first kappa shape index (κ1) is 12.0. The third-order valence-corrected chi connectivity index (χ3v) is 1.90. The number of rotatable bonds is 4. The van der Waals surface area contributed by atoms with Crippen LogP contribution in [0.3, 0.4) is 0 Å². The molecule has 7 heteroatoms. The lowest BCUT2D eigenvalue weighted by Crippen LogP contribution is -2.46. The molecule has 0 aliphatic heterocycles. The summed E-state index contributed by atoms with van der Waals surface area (Å²) in [6.45, 7) is 3.41. The fraction of sp³-hybridized carbons (Fsp3) is 0.444. The van der Waals surface area contributed by atoms with E-state index in [1.807, 2.05) is 0 Å². The van der Waals surface area contributed by atoms with Gasteiger partial charge in [-0.2, -0.15) is 0 Å². The molecule has 0 radical (unpaired) electrons. The zero-order valence-electron chi connectivity index (χ0n) is 8.93. The van der Waals surface area contributed by atoms with Crippen molar-refractivity contribution in [2.45, 2.75) is 19.9 Å². The van der Waals surface area contributed by atoms with Crippen molar-refractivity contribution in [3.63, 3.8) is 0 Å². The molecule has 1 heterocycles. The van der Waals surface area contributed by atoms with Crippen molar-refractivity contribution in [1.82, 2.24) is 10.5 Å². The Morgan fingerprint density at radius 1 is 1.50 bits per heavy atom. The second-order valence-corrected chi connectivity index (χ2v) is 3.54. The van der Waals surface area contributed by atoms with Crippen molar-refractivity contribution in [3.05, 3.63) is 12.3 Å². The predicted molar refractivity (Wildman–Crippen MR) is 54.9 cm³/mol. The summed E-state index contributed by atoms with van der Waals surface area (Å²) in [4.78, 5) is 22.2. The highest BCUT2D eigenvalue weighted by Crippen LogP contribution is 2.04. The minimum Gasteiger partial charge on any atom is -0.480 e. The molecule has 0 saturated carbocycles. The standard InChI is InChI=1S/C9H13N3O4/c1-5(2)7(8(13)14)11-9(15)10-6-3-4-16-12-6/h3-5,7H,1-2H3,(H,13,14)(H2,10,11,12,15). The van der Waals surface area contributed by atoms with E-state index in [0.717, 1.165) is 0 Å². The first-order chi connectivity index (χ1) is 7.50. The van der Waals surface area contributed by atoms with Gasteiger partial charge in [0.05, 0.1) is 0 Å². The molecule has 0 fully saturated rings. The van der Waals surface area contributed by atoms with E-state index < -0.39 is 18.0 Å². The number of nitrogens with one attached hydrogen (secondary N) is 2. The zero-order valence-corrected chi connectivity index (χ0v) is 8.93. The number of carboxylic acids is 1. The van der Waals surface area contributed by atoms with Gasteiger partial charge in [-0.05, 0) is 5.92 Å². The van der Waals surface area contributed by atoms with Gasteiger partial charge in [0.2, 0.25) is 0 Å². The summed E-state index contributed by atoms with van der Waals surface area (Å²) in [6, 6.07) is -0.119. The number of hydrogen-bond acceptors (Lipinski definition) is 4. The molecule has 0 aliphatic rings. The van der Waals surface area contributed by atoms with E-state index in [1.165, 1.54) is 12.3 Å². The van der Waals surface area contributed by atoms with Crippen LogP contribution in [0.4, 0.5) is 10.6 Å². The van der Waals surface area contributed by atoms with Gasteiger partial charge in [-0.25, -0.2) is 9.59 Å². The third-order valence-electron chi connectivity index (χ3n) is 1.90. The predicted octanol–water partition coefficient (Wildman–Crippen LogP) is 0.905. The fourth-order valence-electron chi connectivity index (χ4n) is 1.08. The Labute approximate surface area is 91.8 Å². The molecular formula is C9H13N3O4. The summed E-state index contributed by atoms with van der Waals surface area (Å²) in [5.74, 6) is -1.06. The molecule has 88 valence electrons. The van der Waals surface area contributed by atoms with Gasteiger partial charge >= 0.3 is 12.0 Å². The molecule has 0 saturated heterocycles. The molecular weight excluding hydrogens is 214 g/mol. The van der Waals surface area contributed by atoms with Gasteiger partial charge < -0.3 is 14.9 Å². The molecule has 3 N–H and O–H groups in total. The normalized spacial score (nSPS) is 12.2. The largest absolute Gasteiger partial charge is 0.480 e. The molecule has 0 aliphatic carbocycles. The van der Waals surface area contributed by atoms with E-state index in [0.29, 0.717) is 0 Å². The van der Waals surface area contributed by atoms with Gasteiger partial charge in [0.15, 0.2) is 5.82 Å². The Balaban J connectivity index is 2.52. The number of carboxylic acid groups (broad SMARTS) is 1. The molecule has 1 rings (SSSR count). The van der Waals surface area contributed by atoms with Crippen LogP contribution >= 0.6 is 0 Å². The van der Waals surface area contributed by atoms with Crippen molar-refractivity contribution < 1.29 is 19.2 Å². The monoisotopic (exact) mass is 227 g/mol. The molecule has 1 atom stereocenters. The first-order valence-corrected chi connectivity index (χ1v) is 4.71. The average Bonchev–Trinajstić information content (AvgIpc) is 2.65. The van der Waals surface area contributed by atoms with Gasteiger partial charge in [-0.1, -0.05) is 19.0 Å². The van der Waals surface area contributed by atoms with Gasteiger partial charge in [0.1, 0.15) is 12.3 Å². The Kier molecular flexibility index (Phi) is 3.87. The number of carbonyl (C=O) groups is 2. The van der Waals surface area contributed by atoms with E-state index in [-0.39, 0.29) is 11.7 Å². The van der Waals surface area contributed by atoms with Crippen LogP contribution in [-0.2, 0) is 4.79 Å². The summed E-state index contributed by atoms with van der Waals surface area (Å²) in [5.41, 5.74) is 0. The highest BCUT2D eigenvalue weighted by molar-refractivity contribution is 5.91. The fourth-order valence-corrected chi connectivity index (χ4v) is 1.08. The second kappa shape index (κ2) is 5.15. The summed E-state index contributed by atoms with van der Waals surface area (Å²) in [5, 5.41) is 17.0. The lowest BCUT2D eigenvalue weighted by atomic mass is 10.1. The first-order valence-electron chi connectivity index (χ1n) is 4.71. The molecule has 0 spiro atoms. The Hall–Kier alpha value is -2.05. The maximum absolute atomic E-state index is 11.4. The number of nitrogens with zero attached hydrogens (tertiary/aromatic N) is 1. The van der Waals surface area contributed by atoms with Crippen LogP contribution < -0.4 is 10.6 Å². The van der Waals surface area contributed by atoms with Crippen molar-refractivity contribution in [2.24, 2.45) is 5.92 Å². The summed E-state index contributed by atoms with van der Waals surface area (Å²) < 4.78 is 4.51. The van der Waals surface area contributed by atoms with Gasteiger partial charge in [0, 0.05) is 6.07 Å². The Morgan fingerprint density at radius 3 is 2.62 bits per heavy atom. The van der Waals surface area contributed by atoms with Gasteiger partial charge in [-0.15, -0.1) is 0 Å². The van der Waals surface area contributed by atoms with Crippen LogP contribution in [0.25, 0.3) is 0 Å². The minimum atomic E-state index is -1.08. The Morgan fingerprint density at radius 2 is 2.19 bits per heavy atom. The number of aliphatic carboxylic acids is 1. The third kappa shape index (κ3) is 3.26. The van der Waals surface area contributed by atoms with E-state index in [2.05, 4.69) is 20.3 Å². The Bertz CT molecular complexity index is 361. The molecule has 2 amide bonds. The van der Waals surface area contributed by atoms with Crippen molar-refractivity contribution in [1.29, 1.82) is 0 Å². The van der Waals surface area contributed by atoms with E-state index in [4.69, 9.17) is 5.11 Å². The van der Waals surface area contributed by atoms with Crippen LogP contribution in [0.15, 0.2) is 16.9 Å². The maximum Gasteiger partial charge on any atom is 0.326 e. The summed E-state index contributed by atoms with van der Waals surface area (Å²) in [6.07, 6.45) is 1.30. The van der Waals surface area contributed by atoms with Crippen LogP contribution in [-0.4, -0.2) is 28.3 Å². The van der Waals surface area contributed by atoms with Crippen LogP contribution in [0, 0.1) is 5.92 Å². The average molecular weight is 227 g/mol.